The average Bonchev–Trinajstić information content (AvgIpc) is 3.19. The summed E-state index contributed by atoms with van der Waals surface area (Å²) in [4.78, 5) is 45.4. The fraction of sp³-hybridized carbons (Fsp3) is 0.586. The molecule has 0 radical (unpaired) electrons. The van der Waals surface area contributed by atoms with Gasteiger partial charge in [0.2, 0.25) is 5.91 Å². The first-order valence-corrected chi connectivity index (χ1v) is 12.7. The Morgan fingerprint density at radius 1 is 1.08 bits per heavy atom. The summed E-state index contributed by atoms with van der Waals surface area (Å²) in [6.45, 7) is 15.2. The molecule has 1 fully saturated rings. The van der Waals surface area contributed by atoms with Crippen LogP contribution in [-0.2, 0) is 23.9 Å². The van der Waals surface area contributed by atoms with E-state index >= 15 is 0 Å². The van der Waals surface area contributed by atoms with E-state index in [0.717, 1.165) is 22.2 Å². The van der Waals surface area contributed by atoms with E-state index in [0.29, 0.717) is 5.75 Å². The van der Waals surface area contributed by atoms with Crippen molar-refractivity contribution < 1.29 is 28.6 Å². The smallest absolute Gasteiger partial charge is 0.328 e. The maximum atomic E-state index is 13.9. The molecule has 3 atom stereocenters. The molecule has 0 aliphatic carbocycles. The van der Waals surface area contributed by atoms with Gasteiger partial charge in [0.05, 0.1) is 31.5 Å². The maximum absolute atomic E-state index is 13.9. The van der Waals surface area contributed by atoms with Gasteiger partial charge in [-0.25, -0.2) is 4.79 Å². The monoisotopic (exact) mass is 512 g/mol. The van der Waals surface area contributed by atoms with Crippen molar-refractivity contribution in [1.29, 1.82) is 0 Å². The Labute approximate surface area is 219 Å². The summed E-state index contributed by atoms with van der Waals surface area (Å²) in [7, 11) is 1.31. The van der Waals surface area contributed by atoms with E-state index in [-0.39, 0.29) is 25.3 Å². The number of esters is 2. The molecule has 1 amide bonds. The predicted molar refractivity (Wildman–Crippen MR) is 141 cm³/mol. The number of carbonyl (C=O) groups is 3. The van der Waals surface area contributed by atoms with Gasteiger partial charge in [-0.15, -0.1) is 0 Å². The van der Waals surface area contributed by atoms with Gasteiger partial charge in [0.15, 0.2) is 0 Å². The third-order valence-electron chi connectivity index (χ3n) is 6.50. The highest BCUT2D eigenvalue weighted by molar-refractivity contribution is 5.89. The molecule has 1 aromatic carbocycles. The molecule has 0 N–H and O–H groups in total. The lowest BCUT2D eigenvalue weighted by Gasteiger charge is -2.34. The molecular weight excluding hydrogens is 472 g/mol. The molecule has 202 valence electrons. The van der Waals surface area contributed by atoms with E-state index in [1.807, 2.05) is 58.9 Å². The van der Waals surface area contributed by atoms with Gasteiger partial charge in [0.25, 0.3) is 0 Å². The van der Waals surface area contributed by atoms with Gasteiger partial charge in [0.1, 0.15) is 23.5 Å². The van der Waals surface area contributed by atoms with E-state index < -0.39 is 41.0 Å². The highest BCUT2D eigenvalue weighted by atomic mass is 16.6. The highest BCUT2D eigenvalue weighted by Gasteiger charge is 2.46. The van der Waals surface area contributed by atoms with E-state index in [1.54, 1.807) is 20.8 Å². The summed E-state index contributed by atoms with van der Waals surface area (Å²) in [5, 5.41) is 0.877. The van der Waals surface area contributed by atoms with Crippen LogP contribution in [0, 0.1) is 25.2 Å². The van der Waals surface area contributed by atoms with Crippen molar-refractivity contribution in [2.24, 2.45) is 11.3 Å². The van der Waals surface area contributed by atoms with Crippen molar-refractivity contribution in [3.8, 4) is 5.75 Å². The normalized spacial score (nSPS) is 19.0. The lowest BCUT2D eigenvalue weighted by atomic mass is 9.77. The first kappa shape index (κ1) is 28.4. The van der Waals surface area contributed by atoms with Crippen molar-refractivity contribution >= 4 is 28.7 Å². The summed E-state index contributed by atoms with van der Waals surface area (Å²) >= 11 is 0. The zero-order valence-corrected chi connectivity index (χ0v) is 23.5. The number of aromatic nitrogens is 1. The molecule has 0 spiro atoms. The number of hydrogen-bond acceptors (Lipinski definition) is 7. The van der Waals surface area contributed by atoms with Crippen LogP contribution in [0.3, 0.4) is 0 Å². The van der Waals surface area contributed by atoms with Gasteiger partial charge in [-0.1, -0.05) is 32.4 Å². The zero-order chi connectivity index (χ0) is 27.7. The Morgan fingerprint density at radius 3 is 2.35 bits per heavy atom. The fourth-order valence-corrected chi connectivity index (χ4v) is 4.71. The van der Waals surface area contributed by atoms with Crippen LogP contribution in [0.4, 0.5) is 0 Å². The van der Waals surface area contributed by atoms with Crippen LogP contribution >= 0.6 is 0 Å². The first-order valence-electron chi connectivity index (χ1n) is 12.7. The average molecular weight is 513 g/mol. The van der Waals surface area contributed by atoms with Gasteiger partial charge in [-0.2, -0.15) is 0 Å². The number of nitrogens with zero attached hydrogens (tertiary/aromatic N) is 2. The molecular formula is C29H40N2O6. The predicted octanol–water partition coefficient (Wildman–Crippen LogP) is 4.77. The van der Waals surface area contributed by atoms with Gasteiger partial charge < -0.3 is 19.1 Å². The van der Waals surface area contributed by atoms with E-state index in [4.69, 9.17) is 14.2 Å². The summed E-state index contributed by atoms with van der Waals surface area (Å²) in [6, 6.07) is 7.04. The number of likely N-dealkylation sites (tertiary alicyclic amines) is 1. The zero-order valence-electron chi connectivity index (χ0n) is 23.5. The molecule has 8 nitrogen and oxygen atoms in total. The second kappa shape index (κ2) is 10.7. The molecule has 1 aliphatic rings. The third-order valence-corrected chi connectivity index (χ3v) is 6.50. The number of amides is 1. The van der Waals surface area contributed by atoms with Crippen LogP contribution in [0.15, 0.2) is 24.3 Å². The molecule has 3 rings (SSSR count). The minimum absolute atomic E-state index is 0.0804. The molecule has 1 aromatic heterocycles. The van der Waals surface area contributed by atoms with Crippen LogP contribution in [-0.4, -0.2) is 59.1 Å². The van der Waals surface area contributed by atoms with Gasteiger partial charge in [0, 0.05) is 23.6 Å². The lowest BCUT2D eigenvalue weighted by molar-refractivity contribution is -0.162. The Hall–Kier alpha value is -3.16. The molecule has 0 saturated carbocycles. The van der Waals surface area contributed by atoms with Gasteiger partial charge in [-0.3, -0.25) is 14.6 Å². The van der Waals surface area contributed by atoms with E-state index in [2.05, 4.69) is 4.98 Å². The standard InChI is InChI=1S/C29H40N2O6/c1-17-10-11-22-20(12-17)24(13-18(2)30-22)36-19-14-23(27(34)35-9)31(16-19)26(33)21(28(3,4)5)15-25(32)37-29(6,7)8/h10-13,19,21,23H,14-16H2,1-9H3/t19-,21-,23+/m1/s1. The maximum Gasteiger partial charge on any atom is 0.328 e. The highest BCUT2D eigenvalue weighted by Crippen LogP contribution is 2.36. The SMILES string of the molecule is COC(=O)[C@@H]1C[C@@H](Oc2cc(C)nc3ccc(C)cc23)CN1C(=O)[C@@H](CC(=O)OC(C)(C)C)C(C)(C)C. The number of rotatable bonds is 6. The molecule has 8 heteroatoms. The van der Waals surface area contributed by atoms with E-state index in [9.17, 15) is 14.4 Å². The van der Waals surface area contributed by atoms with Crippen molar-refractivity contribution in [1.82, 2.24) is 9.88 Å². The quantitative estimate of drug-likeness (QED) is 0.515. The number of hydrogen-bond donors (Lipinski definition) is 0. The number of pyridine rings is 1. The molecule has 2 heterocycles. The minimum Gasteiger partial charge on any atom is -0.488 e. The summed E-state index contributed by atoms with van der Waals surface area (Å²) in [5.41, 5.74) is 1.51. The molecule has 37 heavy (non-hydrogen) atoms. The number of carbonyl (C=O) groups excluding carboxylic acids is 3. The number of benzene rings is 1. The van der Waals surface area contributed by atoms with Crippen LogP contribution in [0.5, 0.6) is 5.75 Å². The van der Waals surface area contributed by atoms with Crippen molar-refractivity contribution in [3.63, 3.8) is 0 Å². The third kappa shape index (κ3) is 6.99. The van der Waals surface area contributed by atoms with Crippen molar-refractivity contribution in [2.45, 2.75) is 86.0 Å². The summed E-state index contributed by atoms with van der Waals surface area (Å²) < 4.78 is 17.0. The lowest BCUT2D eigenvalue weighted by Crippen LogP contribution is -2.48. The number of methoxy groups -OCH3 is 1. The summed E-state index contributed by atoms with van der Waals surface area (Å²) in [6.07, 6.45) is -0.222. The number of fused-ring (bicyclic) bond motifs is 1. The van der Waals surface area contributed by atoms with Crippen LogP contribution < -0.4 is 4.74 Å². The van der Waals surface area contributed by atoms with Crippen LogP contribution in [0.25, 0.3) is 10.9 Å². The number of aryl methyl sites for hydroxylation is 2. The molecule has 0 unspecified atom stereocenters. The molecule has 1 aliphatic heterocycles. The van der Waals surface area contributed by atoms with Crippen LogP contribution in [0.1, 0.15) is 65.6 Å². The Morgan fingerprint density at radius 2 is 1.76 bits per heavy atom. The minimum atomic E-state index is -0.804. The number of ether oxygens (including phenoxy) is 3. The summed E-state index contributed by atoms with van der Waals surface area (Å²) in [5.74, 6) is -1.26. The first-order chi connectivity index (χ1) is 17.1. The molecule has 0 bridgehead atoms. The fourth-order valence-electron chi connectivity index (χ4n) is 4.71. The second-order valence-electron chi connectivity index (χ2n) is 12.0. The van der Waals surface area contributed by atoms with Gasteiger partial charge >= 0.3 is 11.9 Å². The Bertz CT molecular complexity index is 1180. The van der Waals surface area contributed by atoms with Crippen molar-refractivity contribution in [2.75, 3.05) is 13.7 Å². The van der Waals surface area contributed by atoms with Gasteiger partial charge in [-0.05, 0) is 52.2 Å². The topological polar surface area (TPSA) is 95.0 Å². The van der Waals surface area contributed by atoms with E-state index in [1.165, 1.54) is 12.0 Å². The molecule has 1 saturated heterocycles. The molecule has 2 aromatic rings. The van der Waals surface area contributed by atoms with Crippen molar-refractivity contribution in [3.05, 3.63) is 35.5 Å². The second-order valence-corrected chi connectivity index (χ2v) is 12.0. The van der Waals surface area contributed by atoms with Crippen LogP contribution in [0.2, 0.25) is 0 Å². The largest absolute Gasteiger partial charge is 0.488 e. The Kier molecular flexibility index (Phi) is 8.20. The Balaban J connectivity index is 1.89.